The van der Waals surface area contributed by atoms with E-state index in [0.717, 1.165) is 39.3 Å². The summed E-state index contributed by atoms with van der Waals surface area (Å²) in [7, 11) is 0. The van der Waals surface area contributed by atoms with Crippen LogP contribution < -0.4 is 10.6 Å². The molecule has 14 heavy (non-hydrogen) atoms. The van der Waals surface area contributed by atoms with Crippen molar-refractivity contribution in [3.63, 3.8) is 0 Å². The Bertz CT molecular complexity index is 51.1. The van der Waals surface area contributed by atoms with Crippen LogP contribution in [0.3, 0.4) is 0 Å². The first-order chi connectivity index (χ1) is 4.50. The molecule has 0 bridgehead atoms. The van der Waals surface area contributed by atoms with Crippen molar-refractivity contribution in [1.29, 1.82) is 0 Å². The van der Waals surface area contributed by atoms with Crippen molar-refractivity contribution in [2.75, 3.05) is 39.3 Å². The molecule has 1 fully saturated rings. The molecule has 2 N–H and O–H groups in total. The van der Waals surface area contributed by atoms with Crippen LogP contribution in [0.15, 0.2) is 0 Å². The molecular weight excluding hydrogens is 257 g/mol. The Labute approximate surface area is 116 Å². The molecule has 0 atom stereocenters. The van der Waals surface area contributed by atoms with E-state index in [2.05, 4.69) is 16.0 Å². The maximum absolute atomic E-state index is 4.27. The number of hydrogen-bond donors (Lipinski definition) is 2. The average molecular weight is 279 g/mol. The van der Waals surface area contributed by atoms with Gasteiger partial charge in [0.1, 0.15) is 0 Å². The second-order valence-electron chi connectivity index (χ2n) is 2.17. The summed E-state index contributed by atoms with van der Waals surface area (Å²) < 4.78 is 0. The fraction of sp³-hybridized carbons (Fsp3) is 0.750. The third-order valence-corrected chi connectivity index (χ3v) is 1.37. The van der Waals surface area contributed by atoms with E-state index in [9.17, 15) is 0 Å². The average Bonchev–Trinajstić information content (AvgIpc) is 2.00. The van der Waals surface area contributed by atoms with Crippen molar-refractivity contribution in [2.24, 2.45) is 0 Å². The van der Waals surface area contributed by atoms with Gasteiger partial charge in [-0.1, -0.05) is 0 Å². The van der Waals surface area contributed by atoms with Crippen LogP contribution in [0.4, 0.5) is 0 Å². The summed E-state index contributed by atoms with van der Waals surface area (Å²) in [5, 5.41) is 10.8. The van der Waals surface area contributed by atoms with Gasteiger partial charge in [0.15, 0.2) is 0 Å². The zero-order valence-corrected chi connectivity index (χ0v) is 12.2. The van der Waals surface area contributed by atoms with E-state index in [0.29, 0.717) is 0 Å². The molecule has 1 aliphatic heterocycles. The molecule has 87 valence electrons. The third-order valence-electron chi connectivity index (χ3n) is 1.37. The van der Waals surface area contributed by atoms with Crippen molar-refractivity contribution in [1.82, 2.24) is 10.6 Å². The molecule has 0 amide bonds. The summed E-state index contributed by atoms with van der Waals surface area (Å²) >= 11 is 0. The second-order valence-corrected chi connectivity index (χ2v) is 2.17. The third kappa shape index (κ3) is 18.9. The number of nitrogens with one attached hydrogen (secondary N) is 2. The van der Waals surface area contributed by atoms with Crippen LogP contribution in [0, 0.1) is 14.9 Å². The van der Waals surface area contributed by atoms with Crippen LogP contribution in [-0.2, 0) is 21.7 Å². The van der Waals surface area contributed by atoms with E-state index in [1.54, 1.807) is 0 Å². The molecule has 1 heterocycles. The SMILES string of the molecule is C1CNCCNCC[N-]1.Cl.Cl.[CH3-].[CH3-].[Ti+3]. The molecule has 0 aliphatic carbocycles. The van der Waals surface area contributed by atoms with Crippen molar-refractivity contribution in [3.05, 3.63) is 20.2 Å². The topological polar surface area (TPSA) is 38.2 Å². The van der Waals surface area contributed by atoms with E-state index < -0.39 is 0 Å². The molecule has 0 unspecified atom stereocenters. The van der Waals surface area contributed by atoms with Gasteiger partial charge in [-0.2, -0.15) is 0 Å². The first-order valence-corrected chi connectivity index (χ1v) is 3.55. The maximum atomic E-state index is 4.27. The van der Waals surface area contributed by atoms with Crippen molar-refractivity contribution < 1.29 is 21.7 Å². The molecule has 1 rings (SSSR count). The van der Waals surface area contributed by atoms with Gasteiger partial charge in [0.25, 0.3) is 0 Å². The van der Waals surface area contributed by atoms with Gasteiger partial charge in [0.2, 0.25) is 0 Å². The van der Waals surface area contributed by atoms with Crippen LogP contribution in [-0.4, -0.2) is 39.3 Å². The van der Waals surface area contributed by atoms with E-state index in [1.807, 2.05) is 0 Å². The molecule has 3 nitrogen and oxygen atoms in total. The van der Waals surface area contributed by atoms with E-state index >= 15 is 0 Å². The molecule has 0 aromatic heterocycles. The smallest absolute Gasteiger partial charge is 0.660 e. The van der Waals surface area contributed by atoms with Crippen LogP contribution >= 0.6 is 24.8 Å². The number of rotatable bonds is 0. The summed E-state index contributed by atoms with van der Waals surface area (Å²) in [6.45, 7) is 6.19. The Morgan fingerprint density at radius 2 is 1.07 bits per heavy atom. The summed E-state index contributed by atoms with van der Waals surface area (Å²) in [5.41, 5.74) is 0. The van der Waals surface area contributed by atoms with Crippen LogP contribution in [0.5, 0.6) is 0 Å². The molecule has 1 aliphatic rings. The second kappa shape index (κ2) is 23.8. The Hall–Kier alpha value is 1.17. The molecule has 1 saturated heterocycles. The molecule has 0 aromatic carbocycles. The van der Waals surface area contributed by atoms with Crippen molar-refractivity contribution in [3.8, 4) is 0 Å². The van der Waals surface area contributed by atoms with Gasteiger partial charge in [0, 0.05) is 13.1 Å². The summed E-state index contributed by atoms with van der Waals surface area (Å²) in [5.74, 6) is 0. The molecular formula is C8H22Cl2N3Ti. The Balaban J connectivity index is -0.0000000540. The van der Waals surface area contributed by atoms with Gasteiger partial charge in [0.05, 0.1) is 0 Å². The molecule has 6 heteroatoms. The van der Waals surface area contributed by atoms with Gasteiger partial charge in [-0.3, -0.25) is 0 Å². The minimum absolute atomic E-state index is 0. The zero-order chi connectivity index (χ0) is 6.36. The van der Waals surface area contributed by atoms with E-state index in [1.165, 1.54) is 0 Å². The maximum Gasteiger partial charge on any atom is 3.00 e. The van der Waals surface area contributed by atoms with Crippen LogP contribution in [0.25, 0.3) is 5.32 Å². The number of hydrogen-bond acceptors (Lipinski definition) is 2. The Morgan fingerprint density at radius 1 is 0.714 bits per heavy atom. The number of halogens is 2. The minimum atomic E-state index is 0. The van der Waals surface area contributed by atoms with Gasteiger partial charge in [-0.15, -0.1) is 37.9 Å². The Morgan fingerprint density at radius 3 is 1.43 bits per heavy atom. The monoisotopic (exact) mass is 278 g/mol. The fourth-order valence-electron chi connectivity index (χ4n) is 0.855. The molecule has 1 radical (unpaired) electrons. The molecule has 0 saturated carbocycles. The minimum Gasteiger partial charge on any atom is -0.660 e. The predicted octanol–water partition coefficient (Wildman–Crippen LogP) is 1.29. The standard InChI is InChI=1S/C6H14N3.2CH3.2ClH.Ti/c1-2-8-5-6-9-4-3-7-1;;;;;/h7-8H,1-6H2;2*1H3;2*1H;/q3*-1;;;+3. The largest absolute Gasteiger partial charge is 3.00 e. The zero-order valence-electron chi connectivity index (χ0n) is 9.01. The van der Waals surface area contributed by atoms with Crippen molar-refractivity contribution in [2.45, 2.75) is 0 Å². The van der Waals surface area contributed by atoms with E-state index in [4.69, 9.17) is 0 Å². The van der Waals surface area contributed by atoms with Crippen molar-refractivity contribution >= 4 is 24.8 Å². The number of nitrogens with zero attached hydrogens (tertiary/aromatic N) is 1. The summed E-state index contributed by atoms with van der Waals surface area (Å²) in [6.07, 6.45) is 0. The van der Waals surface area contributed by atoms with Gasteiger partial charge < -0.3 is 30.8 Å². The fourth-order valence-corrected chi connectivity index (χ4v) is 0.855. The first-order valence-electron chi connectivity index (χ1n) is 3.55. The summed E-state index contributed by atoms with van der Waals surface area (Å²) in [6, 6.07) is 0. The quantitative estimate of drug-likeness (QED) is 0.518. The van der Waals surface area contributed by atoms with Crippen LogP contribution in [0.1, 0.15) is 0 Å². The van der Waals surface area contributed by atoms with Gasteiger partial charge in [-0.05, 0) is 13.1 Å². The predicted molar refractivity (Wildman–Crippen MR) is 66.2 cm³/mol. The molecule has 0 aromatic rings. The van der Waals surface area contributed by atoms with Crippen LogP contribution in [0.2, 0.25) is 0 Å². The van der Waals surface area contributed by atoms with E-state index in [-0.39, 0.29) is 61.4 Å². The summed E-state index contributed by atoms with van der Waals surface area (Å²) in [4.78, 5) is 0. The first kappa shape index (κ1) is 29.5. The normalized spacial score (nSPS) is 15.4. The van der Waals surface area contributed by atoms with Gasteiger partial charge in [-0.25, -0.2) is 0 Å². The van der Waals surface area contributed by atoms with Gasteiger partial charge >= 0.3 is 21.7 Å². The Kier molecular flexibility index (Phi) is 50.0. The molecule has 0 spiro atoms.